The molecule has 1 heterocycles. The highest BCUT2D eigenvalue weighted by atomic mass is 16.4. The molecular formula is C13H15NO4. The summed E-state index contributed by atoms with van der Waals surface area (Å²) in [4.78, 5) is 22.0. The lowest BCUT2D eigenvalue weighted by atomic mass is 9.91. The Labute approximate surface area is 104 Å². The second kappa shape index (κ2) is 5.18. The predicted molar refractivity (Wildman–Crippen MR) is 64.2 cm³/mol. The van der Waals surface area contributed by atoms with Crippen molar-refractivity contribution in [2.75, 3.05) is 0 Å². The van der Waals surface area contributed by atoms with Crippen LogP contribution in [0.5, 0.6) is 0 Å². The molecule has 3 atom stereocenters. The number of nitrogens with one attached hydrogen (secondary N) is 1. The number of aliphatic carboxylic acids is 2. The number of carboxylic acids is 2. The Morgan fingerprint density at radius 2 is 1.83 bits per heavy atom. The second-order valence-corrected chi connectivity index (χ2v) is 4.56. The number of carboxylic acid groups (broad SMARTS) is 2. The second-order valence-electron chi connectivity index (χ2n) is 4.56. The smallest absolute Gasteiger partial charge is 0.321 e. The van der Waals surface area contributed by atoms with E-state index in [4.69, 9.17) is 10.2 Å². The van der Waals surface area contributed by atoms with Crippen molar-refractivity contribution in [2.45, 2.75) is 24.9 Å². The van der Waals surface area contributed by atoms with Crippen molar-refractivity contribution in [3.8, 4) is 0 Å². The van der Waals surface area contributed by atoms with Gasteiger partial charge in [-0.25, -0.2) is 0 Å². The molecule has 0 spiro atoms. The van der Waals surface area contributed by atoms with Crippen LogP contribution in [0.15, 0.2) is 30.3 Å². The first kappa shape index (κ1) is 12.6. The largest absolute Gasteiger partial charge is 0.480 e. The molecule has 2 rings (SSSR count). The van der Waals surface area contributed by atoms with E-state index in [1.54, 1.807) is 0 Å². The average molecular weight is 249 g/mol. The molecule has 0 aliphatic carbocycles. The Kier molecular flexibility index (Phi) is 3.62. The summed E-state index contributed by atoms with van der Waals surface area (Å²) in [5.74, 6) is -2.16. The number of hydrogen-bond acceptors (Lipinski definition) is 3. The Balaban J connectivity index is 2.10. The van der Waals surface area contributed by atoms with E-state index in [0.717, 1.165) is 5.56 Å². The maximum absolute atomic E-state index is 11.1. The molecule has 1 unspecified atom stereocenters. The Hall–Kier alpha value is -1.88. The fraction of sp³-hybridized carbons (Fsp3) is 0.385. The maximum Gasteiger partial charge on any atom is 0.321 e. The topological polar surface area (TPSA) is 86.6 Å². The zero-order chi connectivity index (χ0) is 13.1. The van der Waals surface area contributed by atoms with Crippen LogP contribution in [0.3, 0.4) is 0 Å². The van der Waals surface area contributed by atoms with Gasteiger partial charge in [-0.1, -0.05) is 30.3 Å². The predicted octanol–water partition coefficient (Wildman–Crippen LogP) is 0.745. The van der Waals surface area contributed by atoms with E-state index in [-0.39, 0.29) is 5.92 Å². The molecule has 1 aromatic carbocycles. The number of carbonyl (C=O) groups is 2. The third-order valence-electron chi connectivity index (χ3n) is 3.30. The molecule has 96 valence electrons. The molecule has 0 bridgehead atoms. The van der Waals surface area contributed by atoms with Gasteiger partial charge in [-0.3, -0.25) is 14.9 Å². The molecule has 3 N–H and O–H groups in total. The minimum Gasteiger partial charge on any atom is -0.480 e. The zero-order valence-electron chi connectivity index (χ0n) is 9.74. The van der Waals surface area contributed by atoms with E-state index in [2.05, 4.69) is 5.32 Å². The fourth-order valence-corrected chi connectivity index (χ4v) is 2.42. The molecule has 0 amide bonds. The van der Waals surface area contributed by atoms with Gasteiger partial charge in [-0.2, -0.15) is 0 Å². The monoisotopic (exact) mass is 249 g/mol. The molecule has 5 nitrogen and oxygen atoms in total. The quantitative estimate of drug-likeness (QED) is 0.733. The molecule has 1 fully saturated rings. The van der Waals surface area contributed by atoms with E-state index in [1.807, 2.05) is 30.3 Å². The van der Waals surface area contributed by atoms with Gasteiger partial charge in [-0.05, 0) is 24.3 Å². The Bertz CT molecular complexity index is 446. The number of hydrogen-bond donors (Lipinski definition) is 3. The number of benzene rings is 1. The summed E-state index contributed by atoms with van der Waals surface area (Å²) in [5.41, 5.74) is 1.03. The lowest BCUT2D eigenvalue weighted by Gasteiger charge is -2.14. The van der Waals surface area contributed by atoms with Gasteiger partial charge in [0.05, 0.1) is 0 Å². The summed E-state index contributed by atoms with van der Waals surface area (Å²) in [5, 5.41) is 20.7. The summed E-state index contributed by atoms with van der Waals surface area (Å²) in [6.07, 6.45) is 0.926. The first-order valence-electron chi connectivity index (χ1n) is 5.83. The van der Waals surface area contributed by atoms with Gasteiger partial charge in [0.2, 0.25) is 0 Å². The van der Waals surface area contributed by atoms with Crippen LogP contribution in [-0.2, 0) is 16.0 Å². The van der Waals surface area contributed by atoms with Crippen molar-refractivity contribution < 1.29 is 19.8 Å². The van der Waals surface area contributed by atoms with Crippen LogP contribution in [0.1, 0.15) is 12.0 Å². The molecule has 1 saturated heterocycles. The van der Waals surface area contributed by atoms with E-state index < -0.39 is 24.0 Å². The SMILES string of the molecule is O=C(O)[C@@H]1CC(Cc2ccccc2)[C@@H](C(=O)O)N1. The number of rotatable bonds is 4. The lowest BCUT2D eigenvalue weighted by molar-refractivity contribution is -0.140. The lowest BCUT2D eigenvalue weighted by Crippen LogP contribution is -2.41. The van der Waals surface area contributed by atoms with Crippen LogP contribution >= 0.6 is 0 Å². The third kappa shape index (κ3) is 2.68. The van der Waals surface area contributed by atoms with Crippen molar-refractivity contribution in [3.63, 3.8) is 0 Å². The van der Waals surface area contributed by atoms with Crippen LogP contribution in [0.25, 0.3) is 0 Å². The summed E-state index contributed by atoms with van der Waals surface area (Å²) >= 11 is 0. The van der Waals surface area contributed by atoms with Crippen LogP contribution in [0, 0.1) is 5.92 Å². The molecule has 1 aromatic rings. The maximum atomic E-state index is 11.1. The summed E-state index contributed by atoms with van der Waals surface area (Å²) < 4.78 is 0. The highest BCUT2D eigenvalue weighted by Gasteiger charge is 2.41. The minimum atomic E-state index is -0.989. The van der Waals surface area contributed by atoms with Gasteiger partial charge in [0.1, 0.15) is 12.1 Å². The highest BCUT2D eigenvalue weighted by molar-refractivity contribution is 5.79. The first-order chi connectivity index (χ1) is 8.58. The van der Waals surface area contributed by atoms with Crippen molar-refractivity contribution in [1.82, 2.24) is 5.32 Å². The molecule has 0 saturated carbocycles. The normalized spacial score (nSPS) is 27.0. The molecular weight excluding hydrogens is 234 g/mol. The summed E-state index contributed by atoms with van der Waals surface area (Å²) in [6.45, 7) is 0. The van der Waals surface area contributed by atoms with Crippen molar-refractivity contribution in [2.24, 2.45) is 5.92 Å². The van der Waals surface area contributed by atoms with Crippen molar-refractivity contribution in [3.05, 3.63) is 35.9 Å². The fourth-order valence-electron chi connectivity index (χ4n) is 2.42. The summed E-state index contributed by atoms with van der Waals surface area (Å²) in [6, 6.07) is 7.97. The molecule has 0 radical (unpaired) electrons. The Morgan fingerprint density at radius 3 is 2.39 bits per heavy atom. The van der Waals surface area contributed by atoms with E-state index in [9.17, 15) is 9.59 Å². The molecule has 1 aliphatic rings. The summed E-state index contributed by atoms with van der Waals surface area (Å²) in [7, 11) is 0. The van der Waals surface area contributed by atoms with Gasteiger partial charge >= 0.3 is 11.9 Å². The zero-order valence-corrected chi connectivity index (χ0v) is 9.74. The highest BCUT2D eigenvalue weighted by Crippen LogP contribution is 2.25. The molecule has 18 heavy (non-hydrogen) atoms. The molecule has 0 aromatic heterocycles. The van der Waals surface area contributed by atoms with Crippen LogP contribution < -0.4 is 5.32 Å². The average Bonchev–Trinajstić information content (AvgIpc) is 2.74. The van der Waals surface area contributed by atoms with E-state index in [1.165, 1.54) is 0 Å². The third-order valence-corrected chi connectivity index (χ3v) is 3.30. The Morgan fingerprint density at radius 1 is 1.17 bits per heavy atom. The molecule has 1 aliphatic heterocycles. The van der Waals surface area contributed by atoms with Crippen molar-refractivity contribution >= 4 is 11.9 Å². The van der Waals surface area contributed by atoms with E-state index >= 15 is 0 Å². The van der Waals surface area contributed by atoms with Gasteiger partial charge in [0, 0.05) is 0 Å². The van der Waals surface area contributed by atoms with Gasteiger partial charge in [-0.15, -0.1) is 0 Å². The standard InChI is InChI=1S/C13H15NO4/c15-12(16)10-7-9(11(14-10)13(17)18)6-8-4-2-1-3-5-8/h1-5,9-11,14H,6-7H2,(H,15,16)(H,17,18)/t9?,10-,11-/m0/s1. The van der Waals surface area contributed by atoms with Crippen LogP contribution in [0.4, 0.5) is 0 Å². The van der Waals surface area contributed by atoms with Gasteiger partial charge in [0.25, 0.3) is 0 Å². The first-order valence-corrected chi connectivity index (χ1v) is 5.83. The van der Waals surface area contributed by atoms with Gasteiger partial charge in [0.15, 0.2) is 0 Å². The van der Waals surface area contributed by atoms with Crippen molar-refractivity contribution in [1.29, 1.82) is 0 Å². The van der Waals surface area contributed by atoms with Gasteiger partial charge < -0.3 is 10.2 Å². The van der Waals surface area contributed by atoms with Crippen LogP contribution in [-0.4, -0.2) is 34.2 Å². The molecule has 5 heteroatoms. The minimum absolute atomic E-state index is 0.189. The van der Waals surface area contributed by atoms with E-state index in [0.29, 0.717) is 12.8 Å². The van der Waals surface area contributed by atoms with Crippen LogP contribution in [0.2, 0.25) is 0 Å².